The minimum atomic E-state index is 1.20. The molecule has 1 heteroatoms. The molecule has 0 aromatic heterocycles. The van der Waals surface area contributed by atoms with Crippen molar-refractivity contribution in [1.82, 2.24) is 0 Å². The SMILES string of the molecule is CN(c1ccccc1-c1ccccc1)c1c2ccccc2cc2ccccc12. The van der Waals surface area contributed by atoms with Gasteiger partial charge in [0.15, 0.2) is 0 Å². The van der Waals surface area contributed by atoms with Crippen LogP contribution in [0.15, 0.2) is 109 Å². The van der Waals surface area contributed by atoms with Gasteiger partial charge >= 0.3 is 0 Å². The van der Waals surface area contributed by atoms with Gasteiger partial charge in [0.1, 0.15) is 0 Å². The second-order valence-electron chi connectivity index (χ2n) is 7.11. The minimum absolute atomic E-state index is 1.20. The Bertz CT molecular complexity index is 1220. The van der Waals surface area contributed by atoms with Crippen LogP contribution in [0, 0.1) is 0 Å². The zero-order chi connectivity index (χ0) is 18.9. The predicted octanol–water partition coefficient (Wildman–Crippen LogP) is 7.43. The van der Waals surface area contributed by atoms with Crippen molar-refractivity contribution in [2.45, 2.75) is 0 Å². The van der Waals surface area contributed by atoms with Crippen LogP contribution in [0.1, 0.15) is 0 Å². The predicted molar refractivity (Wildman–Crippen MR) is 121 cm³/mol. The van der Waals surface area contributed by atoms with Crippen LogP contribution >= 0.6 is 0 Å². The van der Waals surface area contributed by atoms with Crippen LogP contribution in [-0.2, 0) is 0 Å². The maximum atomic E-state index is 2.34. The number of rotatable bonds is 3. The van der Waals surface area contributed by atoms with Crippen molar-refractivity contribution in [3.8, 4) is 11.1 Å². The molecule has 0 heterocycles. The third-order valence-corrected chi connectivity index (χ3v) is 5.43. The number of para-hydroxylation sites is 1. The molecule has 0 saturated carbocycles. The fraction of sp³-hybridized carbons (Fsp3) is 0.0370. The second-order valence-corrected chi connectivity index (χ2v) is 7.11. The largest absolute Gasteiger partial charge is 0.343 e. The van der Waals surface area contributed by atoms with Crippen molar-refractivity contribution in [1.29, 1.82) is 0 Å². The molecule has 0 unspecified atom stereocenters. The first-order valence-electron chi connectivity index (χ1n) is 9.61. The average molecular weight is 359 g/mol. The van der Waals surface area contributed by atoms with Gasteiger partial charge in [-0.3, -0.25) is 0 Å². The molecular weight excluding hydrogens is 338 g/mol. The minimum Gasteiger partial charge on any atom is -0.343 e. The summed E-state index contributed by atoms with van der Waals surface area (Å²) < 4.78 is 0. The molecule has 5 aromatic carbocycles. The van der Waals surface area contributed by atoms with Gasteiger partial charge in [-0.25, -0.2) is 0 Å². The summed E-state index contributed by atoms with van der Waals surface area (Å²) in [5.41, 5.74) is 4.92. The summed E-state index contributed by atoms with van der Waals surface area (Å²) in [6.45, 7) is 0. The fourth-order valence-corrected chi connectivity index (χ4v) is 4.10. The third kappa shape index (κ3) is 2.73. The molecule has 28 heavy (non-hydrogen) atoms. The Balaban J connectivity index is 1.80. The van der Waals surface area contributed by atoms with Crippen LogP contribution in [0.5, 0.6) is 0 Å². The van der Waals surface area contributed by atoms with Crippen LogP contribution in [0.2, 0.25) is 0 Å². The van der Waals surface area contributed by atoms with Crippen molar-refractivity contribution < 1.29 is 0 Å². The summed E-state index contributed by atoms with van der Waals surface area (Å²) in [5.74, 6) is 0. The van der Waals surface area contributed by atoms with Crippen molar-refractivity contribution >= 4 is 32.9 Å². The smallest absolute Gasteiger partial charge is 0.0567 e. The Morgan fingerprint density at radius 2 is 1.07 bits per heavy atom. The number of hydrogen-bond acceptors (Lipinski definition) is 1. The summed E-state index contributed by atoms with van der Waals surface area (Å²) in [6, 6.07) is 38.8. The Morgan fingerprint density at radius 3 is 1.75 bits per heavy atom. The highest BCUT2D eigenvalue weighted by molar-refractivity contribution is 6.13. The van der Waals surface area contributed by atoms with Crippen molar-refractivity contribution in [3.63, 3.8) is 0 Å². The third-order valence-electron chi connectivity index (χ3n) is 5.43. The monoisotopic (exact) mass is 359 g/mol. The van der Waals surface area contributed by atoms with Gasteiger partial charge in [0.05, 0.1) is 5.69 Å². The van der Waals surface area contributed by atoms with E-state index >= 15 is 0 Å². The standard InChI is InChI=1S/C27H21N/c1-28(26-18-10-9-15-23(26)20-11-3-2-4-12-20)27-24-16-7-5-13-21(24)19-22-14-6-8-17-25(22)27/h2-19H,1H3. The fourth-order valence-electron chi connectivity index (χ4n) is 4.10. The zero-order valence-corrected chi connectivity index (χ0v) is 15.8. The number of anilines is 2. The van der Waals surface area contributed by atoms with Crippen LogP contribution in [-0.4, -0.2) is 7.05 Å². The Kier molecular flexibility index (Phi) is 4.06. The van der Waals surface area contributed by atoms with Crippen molar-refractivity contribution in [2.24, 2.45) is 0 Å². The molecule has 0 saturated heterocycles. The van der Waals surface area contributed by atoms with Gasteiger partial charge in [-0.15, -0.1) is 0 Å². The number of nitrogens with zero attached hydrogens (tertiary/aromatic N) is 1. The van der Waals surface area contributed by atoms with E-state index in [4.69, 9.17) is 0 Å². The van der Waals surface area contributed by atoms with Crippen molar-refractivity contribution in [3.05, 3.63) is 109 Å². The quantitative estimate of drug-likeness (QED) is 0.303. The lowest BCUT2D eigenvalue weighted by Crippen LogP contribution is -2.11. The molecule has 0 spiro atoms. The van der Waals surface area contributed by atoms with Gasteiger partial charge in [-0.2, -0.15) is 0 Å². The molecule has 0 radical (unpaired) electrons. The number of benzene rings is 5. The zero-order valence-electron chi connectivity index (χ0n) is 15.8. The molecule has 0 aliphatic carbocycles. The highest BCUT2D eigenvalue weighted by Crippen LogP contribution is 2.41. The van der Waals surface area contributed by atoms with Gasteiger partial charge in [-0.05, 0) is 28.5 Å². The molecule has 5 rings (SSSR count). The first kappa shape index (κ1) is 16.6. The summed E-state index contributed by atoms with van der Waals surface area (Å²) in [6.07, 6.45) is 0. The van der Waals surface area contributed by atoms with Crippen molar-refractivity contribution in [2.75, 3.05) is 11.9 Å². The molecule has 0 fully saturated rings. The molecule has 0 bridgehead atoms. The van der Waals surface area contributed by atoms with Gasteiger partial charge in [-0.1, -0.05) is 97.1 Å². The molecular formula is C27H21N. The molecule has 0 aliphatic rings. The molecule has 0 atom stereocenters. The lowest BCUT2D eigenvalue weighted by molar-refractivity contribution is 1.23. The first-order chi connectivity index (χ1) is 13.8. The van der Waals surface area contributed by atoms with E-state index in [-0.39, 0.29) is 0 Å². The van der Waals surface area contributed by atoms with E-state index in [1.807, 2.05) is 0 Å². The lowest BCUT2D eigenvalue weighted by atomic mass is 9.98. The number of fused-ring (bicyclic) bond motifs is 2. The van der Waals surface area contributed by atoms with E-state index < -0.39 is 0 Å². The van der Waals surface area contributed by atoms with E-state index in [1.54, 1.807) is 0 Å². The normalized spacial score (nSPS) is 11.0. The Hall–Kier alpha value is -3.58. The lowest BCUT2D eigenvalue weighted by Gasteiger charge is -2.26. The van der Waals surface area contributed by atoms with Gasteiger partial charge in [0.2, 0.25) is 0 Å². The highest BCUT2D eigenvalue weighted by atomic mass is 15.1. The first-order valence-corrected chi connectivity index (χ1v) is 9.61. The Labute approximate surface area is 165 Å². The van der Waals surface area contributed by atoms with E-state index in [2.05, 4.69) is 121 Å². The Morgan fingerprint density at radius 1 is 0.536 bits per heavy atom. The molecule has 0 amide bonds. The van der Waals surface area contributed by atoms with Crippen LogP contribution in [0.4, 0.5) is 11.4 Å². The maximum Gasteiger partial charge on any atom is 0.0567 e. The number of hydrogen-bond donors (Lipinski definition) is 0. The van der Waals surface area contributed by atoms with Crippen LogP contribution in [0.25, 0.3) is 32.7 Å². The summed E-state index contributed by atoms with van der Waals surface area (Å²) in [5, 5.41) is 5.07. The summed E-state index contributed by atoms with van der Waals surface area (Å²) in [7, 11) is 2.18. The summed E-state index contributed by atoms with van der Waals surface area (Å²) >= 11 is 0. The average Bonchev–Trinajstić information content (AvgIpc) is 2.77. The van der Waals surface area contributed by atoms with Crippen LogP contribution in [0.3, 0.4) is 0 Å². The van der Waals surface area contributed by atoms with E-state index in [0.717, 1.165) is 0 Å². The van der Waals surface area contributed by atoms with Crippen LogP contribution < -0.4 is 4.90 Å². The molecule has 1 nitrogen and oxygen atoms in total. The summed E-state index contributed by atoms with van der Waals surface area (Å²) in [4.78, 5) is 2.34. The maximum absolute atomic E-state index is 2.34. The van der Waals surface area contributed by atoms with E-state index in [9.17, 15) is 0 Å². The molecule has 5 aromatic rings. The molecule has 134 valence electrons. The van der Waals surface area contributed by atoms with Gasteiger partial charge in [0.25, 0.3) is 0 Å². The van der Waals surface area contributed by atoms with Gasteiger partial charge in [0, 0.05) is 29.1 Å². The second kappa shape index (κ2) is 6.86. The molecule has 0 aliphatic heterocycles. The highest BCUT2D eigenvalue weighted by Gasteiger charge is 2.16. The van der Waals surface area contributed by atoms with E-state index in [0.29, 0.717) is 0 Å². The van der Waals surface area contributed by atoms with Gasteiger partial charge < -0.3 is 4.90 Å². The van der Waals surface area contributed by atoms with E-state index in [1.165, 1.54) is 44.0 Å². The topological polar surface area (TPSA) is 3.24 Å². The molecule has 0 N–H and O–H groups in total.